The highest BCUT2D eigenvalue weighted by atomic mass is 15.4. The zero-order valence-electron chi connectivity index (χ0n) is 19.2. The number of piperidine rings is 1. The van der Waals surface area contributed by atoms with E-state index in [1.54, 1.807) is 4.68 Å². The van der Waals surface area contributed by atoms with Crippen LogP contribution in [0.1, 0.15) is 12.0 Å². The highest BCUT2D eigenvalue weighted by molar-refractivity contribution is 5.86. The fourth-order valence-corrected chi connectivity index (χ4v) is 5.34. The largest absolute Gasteiger partial charge is 0.353 e. The number of aryl methyl sites for hydroxylation is 1. The van der Waals surface area contributed by atoms with Crippen molar-refractivity contribution in [2.24, 2.45) is 12.0 Å². The number of anilines is 1. The lowest BCUT2D eigenvalue weighted by Crippen LogP contribution is -2.68. The van der Waals surface area contributed by atoms with Crippen molar-refractivity contribution < 1.29 is 0 Å². The Morgan fingerprint density at radius 3 is 2.62 bits per heavy atom. The maximum Gasteiger partial charge on any atom is 0.128 e. The van der Waals surface area contributed by atoms with Crippen molar-refractivity contribution in [3.05, 3.63) is 54.7 Å². The van der Waals surface area contributed by atoms with Crippen LogP contribution < -0.4 is 4.90 Å². The van der Waals surface area contributed by atoms with Crippen LogP contribution in [0.3, 0.4) is 0 Å². The van der Waals surface area contributed by atoms with Gasteiger partial charge in [0, 0.05) is 78.6 Å². The molecule has 4 aromatic heterocycles. The lowest BCUT2D eigenvalue weighted by atomic mass is 9.87. The molecule has 7 heterocycles. The first-order valence-electron chi connectivity index (χ1n) is 11.5. The number of aromatic nitrogens is 5. The second-order valence-electron chi connectivity index (χ2n) is 9.12. The summed E-state index contributed by atoms with van der Waals surface area (Å²) < 4.78 is 3.73. The summed E-state index contributed by atoms with van der Waals surface area (Å²) in [7, 11) is 1.92. The van der Waals surface area contributed by atoms with E-state index in [-0.39, 0.29) is 0 Å². The molecule has 170 valence electrons. The molecule has 7 rings (SSSR count). The molecule has 0 N–H and O–H groups in total. The van der Waals surface area contributed by atoms with Crippen molar-refractivity contribution in [3.63, 3.8) is 0 Å². The second kappa shape index (κ2) is 8.12. The SMILES string of the molecule is C#CCN1C2CC1CN(c1ccc(-c3cc(-c4cnn(C)c4)cn4ncc(CN=C)c34)cn1)C2. The molecule has 3 saturated heterocycles. The first-order chi connectivity index (χ1) is 16.6. The Labute approximate surface area is 198 Å². The van der Waals surface area contributed by atoms with E-state index in [1.807, 2.05) is 42.5 Å². The summed E-state index contributed by atoms with van der Waals surface area (Å²) in [5.41, 5.74) is 6.26. The van der Waals surface area contributed by atoms with E-state index in [0.717, 1.165) is 58.8 Å². The Morgan fingerprint density at radius 1 is 1.09 bits per heavy atom. The first-order valence-corrected chi connectivity index (χ1v) is 11.5. The quantitative estimate of drug-likeness (QED) is 0.334. The molecule has 0 spiro atoms. The van der Waals surface area contributed by atoms with Crippen LogP contribution in [0.25, 0.3) is 27.8 Å². The van der Waals surface area contributed by atoms with Crippen molar-refractivity contribution in [1.82, 2.24) is 29.3 Å². The van der Waals surface area contributed by atoms with Gasteiger partial charge in [-0.15, -0.1) is 6.42 Å². The number of piperazine rings is 1. The Balaban J connectivity index is 1.36. The molecule has 3 fully saturated rings. The van der Waals surface area contributed by atoms with Gasteiger partial charge in [-0.25, -0.2) is 9.50 Å². The number of nitrogens with zero attached hydrogens (tertiary/aromatic N) is 8. The van der Waals surface area contributed by atoms with Crippen LogP contribution in [0, 0.1) is 12.3 Å². The molecule has 3 aliphatic rings. The summed E-state index contributed by atoms with van der Waals surface area (Å²) >= 11 is 0. The van der Waals surface area contributed by atoms with E-state index in [1.165, 1.54) is 6.42 Å². The smallest absolute Gasteiger partial charge is 0.128 e. The Morgan fingerprint density at radius 2 is 1.94 bits per heavy atom. The molecule has 34 heavy (non-hydrogen) atoms. The standard InChI is InChI=1S/C26H26N8/c1-4-7-33-22-9-23(33)17-32(16-22)25-6-5-18(11-28-25)24-8-19(21-13-29-31(3)14-21)15-34-26(24)20(10-27-2)12-30-34/h1,5-6,8,11-15,22-23H,2,7,9-10,16-17H2,3H3. The zero-order chi connectivity index (χ0) is 23.2. The Hall–Kier alpha value is -3.96. The van der Waals surface area contributed by atoms with Gasteiger partial charge in [-0.2, -0.15) is 10.2 Å². The van der Waals surface area contributed by atoms with Crippen LogP contribution in [0.4, 0.5) is 5.82 Å². The third kappa shape index (κ3) is 3.37. The van der Waals surface area contributed by atoms with E-state index in [9.17, 15) is 0 Å². The number of terminal acetylenes is 1. The highest BCUT2D eigenvalue weighted by Gasteiger charge is 2.44. The maximum atomic E-state index is 5.53. The molecule has 2 bridgehead atoms. The topological polar surface area (TPSA) is 66.8 Å². The molecule has 4 aromatic rings. The minimum Gasteiger partial charge on any atom is -0.353 e. The average Bonchev–Trinajstić information content (AvgIpc) is 3.48. The number of pyridine rings is 2. The van der Waals surface area contributed by atoms with E-state index in [0.29, 0.717) is 18.6 Å². The predicted molar refractivity (Wildman–Crippen MR) is 134 cm³/mol. The molecule has 8 nitrogen and oxygen atoms in total. The third-order valence-corrected chi connectivity index (χ3v) is 7.01. The summed E-state index contributed by atoms with van der Waals surface area (Å²) in [5.74, 6) is 3.80. The van der Waals surface area contributed by atoms with Gasteiger partial charge in [0.1, 0.15) is 5.82 Å². The minimum atomic E-state index is 0.513. The van der Waals surface area contributed by atoms with E-state index < -0.39 is 0 Å². The minimum absolute atomic E-state index is 0.513. The molecule has 0 saturated carbocycles. The summed E-state index contributed by atoms with van der Waals surface area (Å²) in [4.78, 5) is 13.8. The molecule has 8 heteroatoms. The summed E-state index contributed by atoms with van der Waals surface area (Å²) in [6.45, 7) is 6.88. The third-order valence-electron chi connectivity index (χ3n) is 7.01. The molecule has 0 amide bonds. The van der Waals surface area contributed by atoms with Gasteiger partial charge in [0.2, 0.25) is 0 Å². The zero-order valence-corrected chi connectivity index (χ0v) is 19.2. The second-order valence-corrected chi connectivity index (χ2v) is 9.12. The van der Waals surface area contributed by atoms with Crippen LogP contribution in [-0.4, -0.2) is 67.7 Å². The van der Waals surface area contributed by atoms with Gasteiger partial charge in [-0.05, 0) is 31.3 Å². The molecule has 2 unspecified atom stereocenters. The van der Waals surface area contributed by atoms with Gasteiger partial charge < -0.3 is 4.90 Å². The molecule has 3 aliphatic heterocycles. The van der Waals surface area contributed by atoms with E-state index in [2.05, 4.69) is 55.8 Å². The molecule has 2 atom stereocenters. The van der Waals surface area contributed by atoms with Crippen LogP contribution >= 0.6 is 0 Å². The monoisotopic (exact) mass is 450 g/mol. The van der Waals surface area contributed by atoms with E-state index >= 15 is 0 Å². The molecule has 0 aliphatic carbocycles. The van der Waals surface area contributed by atoms with Crippen LogP contribution in [0.15, 0.2) is 54.2 Å². The normalized spacial score (nSPS) is 19.7. The lowest BCUT2D eigenvalue weighted by molar-refractivity contribution is 0.0126. The Bertz CT molecular complexity index is 1400. The van der Waals surface area contributed by atoms with E-state index in [4.69, 9.17) is 11.4 Å². The fraction of sp³-hybridized carbons (Fsp3) is 0.308. The van der Waals surface area contributed by atoms with Gasteiger partial charge in [0.15, 0.2) is 0 Å². The number of hydrogen-bond acceptors (Lipinski definition) is 6. The van der Waals surface area contributed by atoms with Crippen molar-refractivity contribution in [3.8, 4) is 34.6 Å². The molecule has 0 radical (unpaired) electrons. The summed E-state index contributed by atoms with van der Waals surface area (Å²) in [5, 5.41) is 8.93. The average molecular weight is 451 g/mol. The van der Waals surface area contributed by atoms with Gasteiger partial charge in [-0.1, -0.05) is 5.92 Å². The van der Waals surface area contributed by atoms with Crippen molar-refractivity contribution in [2.75, 3.05) is 24.5 Å². The highest BCUT2D eigenvalue weighted by Crippen LogP contribution is 2.35. The maximum absolute atomic E-state index is 5.53. The number of rotatable bonds is 6. The van der Waals surface area contributed by atoms with Gasteiger partial charge >= 0.3 is 0 Å². The predicted octanol–water partition coefficient (Wildman–Crippen LogP) is 2.89. The van der Waals surface area contributed by atoms with Crippen LogP contribution in [-0.2, 0) is 13.6 Å². The Kier molecular flexibility index (Phi) is 4.93. The lowest BCUT2D eigenvalue weighted by Gasteiger charge is -2.56. The number of hydrogen-bond donors (Lipinski definition) is 0. The van der Waals surface area contributed by atoms with Gasteiger partial charge in [0.05, 0.1) is 31.0 Å². The number of fused-ring (bicyclic) bond motifs is 3. The van der Waals surface area contributed by atoms with Gasteiger partial charge in [0.25, 0.3) is 0 Å². The summed E-state index contributed by atoms with van der Waals surface area (Å²) in [6.07, 6.45) is 16.5. The molecular weight excluding hydrogens is 424 g/mol. The van der Waals surface area contributed by atoms with Crippen LogP contribution in [0.2, 0.25) is 0 Å². The number of aliphatic imine (C=N–C) groups is 1. The van der Waals surface area contributed by atoms with Crippen LogP contribution in [0.5, 0.6) is 0 Å². The van der Waals surface area contributed by atoms with Crippen molar-refractivity contribution in [1.29, 1.82) is 0 Å². The first kappa shape index (κ1) is 20.6. The van der Waals surface area contributed by atoms with Crippen molar-refractivity contribution in [2.45, 2.75) is 25.0 Å². The molecular formula is C26H26N8. The van der Waals surface area contributed by atoms with Gasteiger partial charge in [-0.3, -0.25) is 14.6 Å². The fourth-order valence-electron chi connectivity index (χ4n) is 5.34. The summed E-state index contributed by atoms with van der Waals surface area (Å²) in [6, 6.07) is 7.54. The van der Waals surface area contributed by atoms with Crippen molar-refractivity contribution >= 4 is 18.1 Å². The molecule has 0 aromatic carbocycles.